The van der Waals surface area contributed by atoms with Crippen molar-refractivity contribution in [2.45, 2.75) is 19.4 Å². The van der Waals surface area contributed by atoms with E-state index in [0.717, 1.165) is 11.3 Å². The first-order chi connectivity index (χ1) is 12.0. The van der Waals surface area contributed by atoms with Crippen LogP contribution in [0.15, 0.2) is 30.9 Å². The second kappa shape index (κ2) is 8.34. The molecule has 4 N–H and O–H groups in total. The van der Waals surface area contributed by atoms with Gasteiger partial charge in [0.25, 0.3) is 0 Å². The summed E-state index contributed by atoms with van der Waals surface area (Å²) < 4.78 is 10.5. The van der Waals surface area contributed by atoms with Crippen molar-refractivity contribution in [1.29, 1.82) is 0 Å². The summed E-state index contributed by atoms with van der Waals surface area (Å²) in [6, 6.07) is 5.29. The third kappa shape index (κ3) is 4.39. The van der Waals surface area contributed by atoms with Gasteiger partial charge in [-0.1, -0.05) is 12.1 Å². The first kappa shape index (κ1) is 18.5. The Kier molecular flexibility index (Phi) is 6.19. The van der Waals surface area contributed by atoms with Gasteiger partial charge in [0.05, 0.1) is 20.3 Å². The van der Waals surface area contributed by atoms with Crippen molar-refractivity contribution in [3.63, 3.8) is 0 Å². The minimum Gasteiger partial charge on any atom is -0.493 e. The van der Waals surface area contributed by atoms with Crippen LogP contribution in [0.4, 0.5) is 11.8 Å². The van der Waals surface area contributed by atoms with Crippen molar-refractivity contribution < 1.29 is 14.6 Å². The summed E-state index contributed by atoms with van der Waals surface area (Å²) in [5.74, 6) is 1.96. The van der Waals surface area contributed by atoms with E-state index in [0.29, 0.717) is 29.3 Å². The fourth-order valence-electron chi connectivity index (χ4n) is 2.52. The number of aromatic nitrogens is 2. The molecule has 0 bridgehead atoms. The van der Waals surface area contributed by atoms with Gasteiger partial charge in [0.2, 0.25) is 5.95 Å². The number of ether oxygens (including phenoxy) is 2. The monoisotopic (exact) mass is 344 g/mol. The molecule has 0 unspecified atom stereocenters. The van der Waals surface area contributed by atoms with E-state index in [2.05, 4.69) is 21.9 Å². The SMILES string of the molecule is C=CCc1c(C)nc(N)nc1NC[C@H](O)c1ccc(OC)c(OC)c1. The maximum atomic E-state index is 10.5. The first-order valence-corrected chi connectivity index (χ1v) is 7.87. The molecule has 0 aliphatic carbocycles. The summed E-state index contributed by atoms with van der Waals surface area (Å²) in [6.07, 6.45) is 1.63. The number of nitrogens with two attached hydrogens (primary N) is 1. The molecule has 1 atom stereocenters. The lowest BCUT2D eigenvalue weighted by Crippen LogP contribution is -2.16. The predicted octanol–water partition coefficient (Wildman–Crippen LogP) is 2.26. The van der Waals surface area contributed by atoms with Gasteiger partial charge in [-0.15, -0.1) is 6.58 Å². The van der Waals surface area contributed by atoms with Gasteiger partial charge in [0.15, 0.2) is 11.5 Å². The van der Waals surface area contributed by atoms with E-state index < -0.39 is 6.10 Å². The van der Waals surface area contributed by atoms with Crippen molar-refractivity contribution in [3.05, 3.63) is 47.7 Å². The summed E-state index contributed by atoms with van der Waals surface area (Å²) >= 11 is 0. The molecule has 0 saturated carbocycles. The second-order valence-corrected chi connectivity index (χ2v) is 5.50. The van der Waals surface area contributed by atoms with Gasteiger partial charge in [0, 0.05) is 17.8 Å². The van der Waals surface area contributed by atoms with Gasteiger partial charge in [-0.2, -0.15) is 4.98 Å². The molecule has 2 aromatic rings. The van der Waals surface area contributed by atoms with Crippen molar-refractivity contribution in [3.8, 4) is 11.5 Å². The van der Waals surface area contributed by atoms with Crippen LogP contribution < -0.4 is 20.5 Å². The Balaban J connectivity index is 2.17. The minimum atomic E-state index is -0.757. The van der Waals surface area contributed by atoms with Crippen LogP contribution in [0.2, 0.25) is 0 Å². The number of aryl methyl sites for hydroxylation is 1. The highest BCUT2D eigenvalue weighted by Crippen LogP contribution is 2.30. The number of aliphatic hydroxyl groups excluding tert-OH is 1. The van der Waals surface area contributed by atoms with E-state index in [-0.39, 0.29) is 12.5 Å². The molecule has 7 heteroatoms. The van der Waals surface area contributed by atoms with Gasteiger partial charge in [-0.25, -0.2) is 4.98 Å². The number of nitrogens with one attached hydrogen (secondary N) is 1. The highest BCUT2D eigenvalue weighted by molar-refractivity contribution is 5.51. The van der Waals surface area contributed by atoms with Gasteiger partial charge in [-0.3, -0.25) is 0 Å². The highest BCUT2D eigenvalue weighted by Gasteiger charge is 2.14. The first-order valence-electron chi connectivity index (χ1n) is 7.87. The molecule has 0 fully saturated rings. The third-order valence-electron chi connectivity index (χ3n) is 3.83. The molecule has 1 aromatic heterocycles. The quantitative estimate of drug-likeness (QED) is 0.631. The van der Waals surface area contributed by atoms with Crippen LogP contribution in [0, 0.1) is 6.92 Å². The zero-order chi connectivity index (χ0) is 18.4. The summed E-state index contributed by atoms with van der Waals surface area (Å²) in [5, 5.41) is 13.6. The van der Waals surface area contributed by atoms with Gasteiger partial charge in [0.1, 0.15) is 5.82 Å². The zero-order valence-corrected chi connectivity index (χ0v) is 14.7. The van der Waals surface area contributed by atoms with Crippen LogP contribution in [0.5, 0.6) is 11.5 Å². The number of rotatable bonds is 8. The number of hydrogen-bond donors (Lipinski definition) is 3. The van der Waals surface area contributed by atoms with E-state index in [1.54, 1.807) is 38.5 Å². The molecule has 1 aromatic carbocycles. The topological polar surface area (TPSA) is 103 Å². The molecule has 0 aliphatic rings. The van der Waals surface area contributed by atoms with E-state index in [1.807, 2.05) is 6.92 Å². The second-order valence-electron chi connectivity index (χ2n) is 5.50. The van der Waals surface area contributed by atoms with Crippen LogP contribution in [-0.4, -0.2) is 35.8 Å². The van der Waals surface area contributed by atoms with Gasteiger partial charge in [-0.05, 0) is 31.0 Å². The molecule has 0 saturated heterocycles. The molecule has 0 spiro atoms. The smallest absolute Gasteiger partial charge is 0.222 e. The lowest BCUT2D eigenvalue weighted by Gasteiger charge is -2.17. The molecule has 0 amide bonds. The van der Waals surface area contributed by atoms with Gasteiger partial charge >= 0.3 is 0 Å². The normalized spacial score (nSPS) is 11.7. The number of allylic oxidation sites excluding steroid dienone is 1. The maximum Gasteiger partial charge on any atom is 0.222 e. The maximum absolute atomic E-state index is 10.5. The van der Waals surface area contributed by atoms with E-state index in [9.17, 15) is 5.11 Å². The average Bonchev–Trinajstić information content (AvgIpc) is 2.61. The fourth-order valence-corrected chi connectivity index (χ4v) is 2.52. The van der Waals surface area contributed by atoms with Crippen LogP contribution in [0.3, 0.4) is 0 Å². The Morgan fingerprint density at radius 1 is 1.28 bits per heavy atom. The molecular formula is C18H24N4O3. The number of aliphatic hydroxyl groups is 1. The highest BCUT2D eigenvalue weighted by atomic mass is 16.5. The Morgan fingerprint density at radius 2 is 2.00 bits per heavy atom. The lowest BCUT2D eigenvalue weighted by atomic mass is 10.1. The van der Waals surface area contributed by atoms with Crippen LogP contribution in [-0.2, 0) is 6.42 Å². The molecular weight excluding hydrogens is 320 g/mol. The van der Waals surface area contributed by atoms with Crippen LogP contribution >= 0.6 is 0 Å². The van der Waals surface area contributed by atoms with E-state index in [4.69, 9.17) is 15.2 Å². The van der Waals surface area contributed by atoms with Crippen molar-refractivity contribution >= 4 is 11.8 Å². The Bertz CT molecular complexity index is 749. The summed E-state index contributed by atoms with van der Waals surface area (Å²) in [4.78, 5) is 8.40. The Morgan fingerprint density at radius 3 is 2.64 bits per heavy atom. The number of nitrogens with zero attached hydrogens (tertiary/aromatic N) is 2. The van der Waals surface area contributed by atoms with Crippen molar-refractivity contribution in [2.75, 3.05) is 31.8 Å². The largest absolute Gasteiger partial charge is 0.493 e. The fraction of sp³-hybridized carbons (Fsp3) is 0.333. The minimum absolute atomic E-state index is 0.188. The van der Waals surface area contributed by atoms with Crippen molar-refractivity contribution in [2.24, 2.45) is 0 Å². The third-order valence-corrected chi connectivity index (χ3v) is 3.83. The van der Waals surface area contributed by atoms with Crippen LogP contribution in [0.25, 0.3) is 0 Å². The van der Waals surface area contributed by atoms with Crippen molar-refractivity contribution in [1.82, 2.24) is 9.97 Å². The number of anilines is 2. The number of methoxy groups -OCH3 is 2. The molecule has 1 heterocycles. The zero-order valence-electron chi connectivity index (χ0n) is 14.7. The number of benzene rings is 1. The summed E-state index contributed by atoms with van der Waals surface area (Å²) in [7, 11) is 3.12. The molecule has 2 rings (SSSR count). The lowest BCUT2D eigenvalue weighted by molar-refractivity contribution is 0.191. The Hall–Kier alpha value is -2.80. The number of nitrogen functional groups attached to an aromatic ring is 1. The van der Waals surface area contributed by atoms with E-state index in [1.165, 1.54) is 0 Å². The predicted molar refractivity (Wildman–Crippen MR) is 98.1 cm³/mol. The Labute approximate surface area is 147 Å². The molecule has 134 valence electrons. The molecule has 7 nitrogen and oxygen atoms in total. The standard InChI is InChI=1S/C18H24N4O3/c1-5-6-13-11(2)21-18(19)22-17(13)20-10-14(23)12-7-8-15(24-3)16(9-12)25-4/h5,7-9,14,23H,1,6,10H2,2-4H3,(H3,19,20,21,22)/t14-/m0/s1. The summed E-state index contributed by atoms with van der Waals surface area (Å²) in [6.45, 7) is 5.88. The van der Waals surface area contributed by atoms with E-state index >= 15 is 0 Å². The number of hydrogen-bond acceptors (Lipinski definition) is 7. The molecule has 0 aliphatic heterocycles. The van der Waals surface area contributed by atoms with Crippen LogP contribution in [0.1, 0.15) is 22.9 Å². The molecule has 25 heavy (non-hydrogen) atoms. The average molecular weight is 344 g/mol. The summed E-state index contributed by atoms with van der Waals surface area (Å²) in [5.41, 5.74) is 8.13. The van der Waals surface area contributed by atoms with Gasteiger partial charge < -0.3 is 25.6 Å². The molecule has 0 radical (unpaired) electrons.